The summed E-state index contributed by atoms with van der Waals surface area (Å²) < 4.78 is 0. The summed E-state index contributed by atoms with van der Waals surface area (Å²) in [5.74, 6) is -8.01. The molecule has 0 heterocycles. The third-order valence-electron chi connectivity index (χ3n) is 10.9. The molecule has 0 aromatic heterocycles. The van der Waals surface area contributed by atoms with Crippen molar-refractivity contribution in [1.82, 2.24) is 42.5 Å². The summed E-state index contributed by atoms with van der Waals surface area (Å²) in [6.07, 6.45) is 1.44. The maximum absolute atomic E-state index is 14.2. The third-order valence-corrected chi connectivity index (χ3v) is 10.9. The van der Waals surface area contributed by atoms with Gasteiger partial charge in [-0.1, -0.05) is 89.5 Å². The number of aliphatic carboxylic acids is 1. The normalized spacial score (nSPS) is 15.4. The van der Waals surface area contributed by atoms with E-state index in [1.165, 1.54) is 6.92 Å². The Labute approximate surface area is 403 Å². The molecule has 0 radical (unpaired) electrons. The van der Waals surface area contributed by atoms with Crippen LogP contribution in [0.2, 0.25) is 0 Å². The number of amides is 8. The fraction of sp³-hybridized carbons (Fsp3) is 0.783. The molecule has 22 heteroatoms. The maximum Gasteiger partial charge on any atom is 0.326 e. The Morgan fingerprint density at radius 1 is 0.485 bits per heavy atom. The molecule has 390 valence electrons. The van der Waals surface area contributed by atoms with Gasteiger partial charge in [-0.05, 0) is 81.0 Å². The number of hydrogen-bond donors (Lipinski definition) is 12. The SMILES string of the molecule is CC[C@H](C)[C@H](NC(=O)[C@H](CCCN=C(N)N)NC(=O)[C@H](CC(C)C)NC(=O)CN)C(=O)N[C@@H](CC(C)C)C(=O)N[C@@H](CC(C)C)C(=O)N[C@@H](CC(C)C)C(=O)N[C@@H](C)C(=O)N[C@H](C(=O)O)C(C)C. The van der Waals surface area contributed by atoms with Gasteiger partial charge in [0.05, 0.1) is 6.54 Å². The summed E-state index contributed by atoms with van der Waals surface area (Å²) in [5, 5.41) is 30.9. The molecule has 0 unspecified atom stereocenters. The van der Waals surface area contributed by atoms with Gasteiger partial charge in [0.1, 0.15) is 48.3 Å². The molecule has 0 aromatic rings. The van der Waals surface area contributed by atoms with Crippen LogP contribution in [0.5, 0.6) is 0 Å². The second kappa shape index (κ2) is 31.5. The number of guanidine groups is 1. The van der Waals surface area contributed by atoms with Crippen LogP contribution < -0.4 is 59.7 Å². The minimum Gasteiger partial charge on any atom is -0.480 e. The number of nitrogens with one attached hydrogen (secondary N) is 8. The molecule has 0 rings (SSSR count). The highest BCUT2D eigenvalue weighted by Crippen LogP contribution is 2.15. The van der Waals surface area contributed by atoms with Gasteiger partial charge in [0.15, 0.2) is 5.96 Å². The van der Waals surface area contributed by atoms with Gasteiger partial charge < -0.3 is 64.8 Å². The van der Waals surface area contributed by atoms with E-state index >= 15 is 0 Å². The molecule has 22 nitrogen and oxygen atoms in total. The molecule has 9 atom stereocenters. The summed E-state index contributed by atoms with van der Waals surface area (Å²) in [7, 11) is 0. The second-order valence-corrected chi connectivity index (χ2v) is 19.7. The van der Waals surface area contributed by atoms with Crippen molar-refractivity contribution in [3.8, 4) is 0 Å². The van der Waals surface area contributed by atoms with E-state index in [1.807, 2.05) is 62.3 Å². The number of carboxylic acids is 1. The number of aliphatic imine (C=N–C) groups is 1. The molecule has 0 saturated heterocycles. The Balaban J connectivity index is 6.61. The van der Waals surface area contributed by atoms with Gasteiger partial charge in [0.2, 0.25) is 47.3 Å². The van der Waals surface area contributed by atoms with E-state index in [1.54, 1.807) is 20.8 Å². The van der Waals surface area contributed by atoms with Crippen molar-refractivity contribution < 1.29 is 48.3 Å². The molecular formula is C46H86N12O10. The van der Waals surface area contributed by atoms with Crippen LogP contribution in [0.15, 0.2) is 4.99 Å². The maximum atomic E-state index is 14.2. The van der Waals surface area contributed by atoms with Crippen LogP contribution in [0.1, 0.15) is 135 Å². The van der Waals surface area contributed by atoms with Crippen LogP contribution >= 0.6 is 0 Å². The Kier molecular flexibility index (Phi) is 28.9. The summed E-state index contributed by atoms with van der Waals surface area (Å²) in [6, 6.07) is -9.20. The number of nitrogens with two attached hydrogens (primary N) is 3. The predicted octanol–water partition coefficient (Wildman–Crippen LogP) is -0.132. The Morgan fingerprint density at radius 3 is 1.22 bits per heavy atom. The van der Waals surface area contributed by atoms with Gasteiger partial charge in [0.25, 0.3) is 0 Å². The van der Waals surface area contributed by atoms with E-state index in [-0.39, 0.29) is 81.2 Å². The summed E-state index contributed by atoms with van der Waals surface area (Å²) in [6.45, 7) is 22.8. The van der Waals surface area contributed by atoms with Crippen LogP contribution in [0.3, 0.4) is 0 Å². The lowest BCUT2D eigenvalue weighted by molar-refractivity contribution is -0.143. The van der Waals surface area contributed by atoms with Crippen molar-refractivity contribution in [3.05, 3.63) is 0 Å². The average molecular weight is 967 g/mol. The van der Waals surface area contributed by atoms with Crippen molar-refractivity contribution in [3.63, 3.8) is 0 Å². The predicted molar refractivity (Wildman–Crippen MR) is 260 cm³/mol. The Bertz CT molecular complexity index is 1700. The molecule has 0 saturated carbocycles. The minimum atomic E-state index is -1.23. The first-order valence-corrected chi connectivity index (χ1v) is 23.9. The van der Waals surface area contributed by atoms with Gasteiger partial charge in [-0.3, -0.25) is 43.3 Å². The van der Waals surface area contributed by atoms with Gasteiger partial charge in [-0.2, -0.15) is 0 Å². The first-order chi connectivity index (χ1) is 31.5. The molecule has 0 fully saturated rings. The third kappa shape index (κ3) is 24.5. The molecule has 0 aliphatic rings. The molecule has 0 aliphatic heterocycles. The highest BCUT2D eigenvalue weighted by atomic mass is 16.4. The highest BCUT2D eigenvalue weighted by Gasteiger charge is 2.36. The molecule has 0 aliphatic carbocycles. The fourth-order valence-electron chi connectivity index (χ4n) is 7.04. The lowest BCUT2D eigenvalue weighted by Gasteiger charge is -2.30. The first kappa shape index (κ1) is 62.5. The highest BCUT2D eigenvalue weighted by molar-refractivity contribution is 5.98. The second-order valence-electron chi connectivity index (χ2n) is 19.7. The van der Waals surface area contributed by atoms with Crippen molar-refractivity contribution >= 4 is 59.2 Å². The van der Waals surface area contributed by atoms with Crippen LogP contribution in [0.25, 0.3) is 0 Å². The molecule has 8 amide bonds. The first-order valence-electron chi connectivity index (χ1n) is 23.9. The standard InChI is InChI=1S/C46H86N12O10/c1-14-28(12)37(58-39(61)30(16-15-17-50-46(48)49)53-41(63)31(18-23(2)3)52-35(59)22-47)44(66)56-34(21-26(8)9)43(65)55-33(20-25(6)7)42(64)54-32(19-24(4)5)40(62)51-29(13)38(60)57-36(27(10)11)45(67)68/h23-34,36-37H,14-22,47H2,1-13H3,(H,51,62)(H,52,59)(H,53,63)(H,54,64)(H,55,65)(H,56,66)(H,57,60)(H,58,61)(H,67,68)(H4,48,49,50)/t28-,29-,30-,31-,32-,33-,34-,36-,37-/m0/s1. The minimum absolute atomic E-state index is 0.0157. The van der Waals surface area contributed by atoms with Crippen molar-refractivity contribution in [2.45, 2.75) is 183 Å². The van der Waals surface area contributed by atoms with Gasteiger partial charge >= 0.3 is 5.97 Å². The van der Waals surface area contributed by atoms with E-state index in [2.05, 4.69) is 47.5 Å². The lowest BCUT2D eigenvalue weighted by atomic mass is 9.95. The quantitative estimate of drug-likeness (QED) is 0.0238. The van der Waals surface area contributed by atoms with E-state index in [0.717, 1.165) is 0 Å². The Hall–Kier alpha value is -5.54. The Morgan fingerprint density at radius 2 is 0.853 bits per heavy atom. The zero-order valence-corrected chi connectivity index (χ0v) is 42.7. The number of carbonyl (C=O) groups excluding carboxylic acids is 8. The molecule has 68 heavy (non-hydrogen) atoms. The van der Waals surface area contributed by atoms with Crippen LogP contribution in [0, 0.1) is 35.5 Å². The lowest BCUT2D eigenvalue weighted by Crippen LogP contribution is -2.61. The summed E-state index contributed by atoms with van der Waals surface area (Å²) >= 11 is 0. The van der Waals surface area contributed by atoms with Gasteiger partial charge in [-0.15, -0.1) is 0 Å². The van der Waals surface area contributed by atoms with Crippen molar-refractivity contribution in [1.29, 1.82) is 0 Å². The monoisotopic (exact) mass is 967 g/mol. The summed E-state index contributed by atoms with van der Waals surface area (Å²) in [5.41, 5.74) is 16.5. The molecule has 0 spiro atoms. The average Bonchev–Trinajstić information content (AvgIpc) is 3.22. The summed E-state index contributed by atoms with van der Waals surface area (Å²) in [4.78, 5) is 124. The van der Waals surface area contributed by atoms with Crippen LogP contribution in [-0.4, -0.2) is 126 Å². The van der Waals surface area contributed by atoms with Crippen LogP contribution in [-0.2, 0) is 43.2 Å². The van der Waals surface area contributed by atoms with Gasteiger partial charge in [-0.25, -0.2) is 4.79 Å². The number of hydrogen-bond acceptors (Lipinski definition) is 11. The molecule has 15 N–H and O–H groups in total. The molecule has 0 bridgehead atoms. The van der Waals surface area contributed by atoms with E-state index in [0.29, 0.717) is 6.42 Å². The fourth-order valence-corrected chi connectivity index (χ4v) is 7.04. The number of carbonyl (C=O) groups is 9. The number of carboxylic acid groups (broad SMARTS) is 1. The van der Waals surface area contributed by atoms with E-state index < -0.39 is 113 Å². The van der Waals surface area contributed by atoms with Crippen molar-refractivity contribution in [2.24, 2.45) is 57.7 Å². The zero-order chi connectivity index (χ0) is 52.6. The smallest absolute Gasteiger partial charge is 0.326 e. The van der Waals surface area contributed by atoms with Gasteiger partial charge in [0, 0.05) is 6.54 Å². The largest absolute Gasteiger partial charge is 0.480 e. The number of rotatable bonds is 32. The van der Waals surface area contributed by atoms with Crippen LogP contribution in [0.4, 0.5) is 0 Å². The zero-order valence-electron chi connectivity index (χ0n) is 42.7. The van der Waals surface area contributed by atoms with Crippen molar-refractivity contribution in [2.75, 3.05) is 13.1 Å². The van der Waals surface area contributed by atoms with E-state index in [4.69, 9.17) is 17.2 Å². The van der Waals surface area contributed by atoms with E-state index in [9.17, 15) is 48.3 Å². The topological polar surface area (TPSA) is 361 Å². The molecule has 0 aromatic carbocycles. The number of nitrogens with zero attached hydrogens (tertiary/aromatic N) is 1. The molecular weight excluding hydrogens is 881 g/mol.